The van der Waals surface area contributed by atoms with Gasteiger partial charge in [0.05, 0.1) is 5.02 Å². The smallest absolute Gasteiger partial charge is 0.138 e. The summed E-state index contributed by atoms with van der Waals surface area (Å²) in [6.45, 7) is 0.337. The summed E-state index contributed by atoms with van der Waals surface area (Å²) in [5, 5.41) is 0.465. The van der Waals surface area contributed by atoms with Crippen molar-refractivity contribution in [3.63, 3.8) is 0 Å². The fourth-order valence-corrected chi connectivity index (χ4v) is 1.62. The minimum Gasteiger partial charge on any atom is -0.487 e. The number of hydrogen-bond donors (Lipinski definition) is 0. The molecule has 0 heterocycles. The number of rotatable bonds is 3. The van der Waals surface area contributed by atoms with Crippen molar-refractivity contribution in [3.05, 3.63) is 58.9 Å². The summed E-state index contributed by atoms with van der Waals surface area (Å²) in [6.07, 6.45) is 0. The molecule has 0 atom stereocenters. The molecule has 2 aromatic carbocycles. The fourth-order valence-electron chi connectivity index (χ4n) is 1.38. The van der Waals surface area contributed by atoms with Crippen LogP contribution in [-0.2, 0) is 6.61 Å². The van der Waals surface area contributed by atoms with E-state index in [9.17, 15) is 4.39 Å². The molecule has 0 spiro atoms. The van der Waals surface area contributed by atoms with Gasteiger partial charge in [-0.15, -0.1) is 0 Å². The Morgan fingerprint density at radius 2 is 1.82 bits per heavy atom. The van der Waals surface area contributed by atoms with Gasteiger partial charge in [-0.2, -0.15) is 0 Å². The SMILES string of the molecule is [B]c1ccc(OCc2ccc(F)cc2)c(Cl)c1. The third-order valence-corrected chi connectivity index (χ3v) is 2.56. The molecule has 2 radical (unpaired) electrons. The molecule has 0 fully saturated rings. The quantitative estimate of drug-likeness (QED) is 0.757. The molecule has 0 bridgehead atoms. The molecule has 4 heteroatoms. The highest BCUT2D eigenvalue weighted by Gasteiger charge is 2.02. The number of halogens is 2. The average Bonchev–Trinajstić information content (AvgIpc) is 2.30. The number of benzene rings is 2. The van der Waals surface area contributed by atoms with E-state index in [0.717, 1.165) is 5.56 Å². The van der Waals surface area contributed by atoms with Gasteiger partial charge in [0.15, 0.2) is 0 Å². The maximum absolute atomic E-state index is 12.7. The van der Waals surface area contributed by atoms with Gasteiger partial charge in [0.25, 0.3) is 0 Å². The highest BCUT2D eigenvalue weighted by Crippen LogP contribution is 2.23. The summed E-state index contributed by atoms with van der Waals surface area (Å²) in [6, 6.07) is 11.2. The molecule has 84 valence electrons. The Kier molecular flexibility index (Phi) is 3.69. The normalized spacial score (nSPS) is 10.2. The summed E-state index contributed by atoms with van der Waals surface area (Å²) < 4.78 is 18.2. The predicted molar refractivity (Wildman–Crippen MR) is 67.6 cm³/mol. The van der Waals surface area contributed by atoms with E-state index in [2.05, 4.69) is 0 Å². The molecule has 0 aliphatic heterocycles. The zero-order chi connectivity index (χ0) is 12.3. The molecular weight excluding hydrogens is 237 g/mol. The lowest BCUT2D eigenvalue weighted by molar-refractivity contribution is 0.306. The summed E-state index contributed by atoms with van der Waals surface area (Å²) in [4.78, 5) is 0. The van der Waals surface area contributed by atoms with E-state index in [1.54, 1.807) is 30.3 Å². The number of ether oxygens (including phenoxy) is 1. The Bertz CT molecular complexity index is 513. The van der Waals surface area contributed by atoms with Gasteiger partial charge >= 0.3 is 0 Å². The van der Waals surface area contributed by atoms with Gasteiger partial charge in [0, 0.05) is 0 Å². The molecule has 0 aliphatic rings. The van der Waals surface area contributed by atoms with Crippen LogP contribution in [-0.4, -0.2) is 7.85 Å². The van der Waals surface area contributed by atoms with E-state index in [1.807, 2.05) is 0 Å². The highest BCUT2D eigenvalue weighted by molar-refractivity contribution is 6.37. The van der Waals surface area contributed by atoms with E-state index >= 15 is 0 Å². The highest BCUT2D eigenvalue weighted by atomic mass is 35.5. The first-order valence-electron chi connectivity index (χ1n) is 5.07. The van der Waals surface area contributed by atoms with Crippen molar-refractivity contribution in [1.29, 1.82) is 0 Å². The molecule has 0 unspecified atom stereocenters. The molecule has 2 aromatic rings. The topological polar surface area (TPSA) is 9.23 Å². The molecule has 1 nitrogen and oxygen atoms in total. The van der Waals surface area contributed by atoms with E-state index in [1.165, 1.54) is 12.1 Å². The molecule has 0 aromatic heterocycles. The maximum atomic E-state index is 12.7. The van der Waals surface area contributed by atoms with Crippen molar-refractivity contribution >= 4 is 24.9 Å². The summed E-state index contributed by atoms with van der Waals surface area (Å²) >= 11 is 5.96. The summed E-state index contributed by atoms with van der Waals surface area (Å²) in [5.74, 6) is 0.296. The first-order valence-corrected chi connectivity index (χ1v) is 5.45. The van der Waals surface area contributed by atoms with Crippen LogP contribution in [0.1, 0.15) is 5.56 Å². The van der Waals surface area contributed by atoms with Gasteiger partial charge in [-0.25, -0.2) is 4.39 Å². The molecule has 0 amide bonds. The minimum atomic E-state index is -0.265. The largest absolute Gasteiger partial charge is 0.487 e. The van der Waals surface area contributed by atoms with Crippen LogP contribution in [0, 0.1) is 5.82 Å². The Hall–Kier alpha value is -1.48. The van der Waals surface area contributed by atoms with Crippen LogP contribution in [0.25, 0.3) is 0 Å². The zero-order valence-electron chi connectivity index (χ0n) is 8.99. The first kappa shape index (κ1) is 12.0. The zero-order valence-corrected chi connectivity index (χ0v) is 9.75. The van der Waals surface area contributed by atoms with Crippen LogP contribution in [0.15, 0.2) is 42.5 Å². The monoisotopic (exact) mass is 246 g/mol. The standard InChI is InChI=1S/C13H9BClFO/c14-10-3-6-13(12(15)7-10)17-8-9-1-4-11(16)5-2-9/h1-7H,8H2. The van der Waals surface area contributed by atoms with Crippen LogP contribution >= 0.6 is 11.6 Å². The Balaban J connectivity index is 2.04. The molecular formula is C13H9BClFO. The fraction of sp³-hybridized carbons (Fsp3) is 0.0769. The van der Waals surface area contributed by atoms with Gasteiger partial charge in [-0.05, 0) is 29.8 Å². The molecule has 0 saturated carbocycles. The van der Waals surface area contributed by atoms with Crippen molar-refractivity contribution in [2.45, 2.75) is 6.61 Å². The van der Waals surface area contributed by atoms with Gasteiger partial charge in [-0.3, -0.25) is 0 Å². The van der Waals surface area contributed by atoms with E-state index in [0.29, 0.717) is 22.8 Å². The second-order valence-electron chi connectivity index (χ2n) is 3.61. The third kappa shape index (κ3) is 3.24. The Morgan fingerprint density at radius 3 is 2.47 bits per heavy atom. The van der Waals surface area contributed by atoms with E-state index in [-0.39, 0.29) is 5.82 Å². The van der Waals surface area contributed by atoms with Crippen molar-refractivity contribution in [2.75, 3.05) is 0 Å². The van der Waals surface area contributed by atoms with Crippen molar-refractivity contribution in [1.82, 2.24) is 0 Å². The van der Waals surface area contributed by atoms with Crippen LogP contribution in [0.3, 0.4) is 0 Å². The average molecular weight is 246 g/mol. The van der Waals surface area contributed by atoms with Crippen LogP contribution < -0.4 is 10.2 Å². The lowest BCUT2D eigenvalue weighted by Crippen LogP contribution is -2.02. The lowest BCUT2D eigenvalue weighted by atomic mass is 9.97. The summed E-state index contributed by atoms with van der Waals surface area (Å²) in [5.41, 5.74) is 1.46. The van der Waals surface area contributed by atoms with Crippen molar-refractivity contribution in [3.8, 4) is 5.75 Å². The second kappa shape index (κ2) is 5.24. The van der Waals surface area contributed by atoms with E-state index < -0.39 is 0 Å². The summed E-state index contributed by atoms with van der Waals surface area (Å²) in [7, 11) is 5.57. The van der Waals surface area contributed by atoms with Gasteiger partial charge in [0.2, 0.25) is 0 Å². The minimum absolute atomic E-state index is 0.265. The van der Waals surface area contributed by atoms with Crippen molar-refractivity contribution < 1.29 is 9.13 Å². The lowest BCUT2D eigenvalue weighted by Gasteiger charge is -2.08. The van der Waals surface area contributed by atoms with Crippen LogP contribution in [0.4, 0.5) is 4.39 Å². The van der Waals surface area contributed by atoms with Gasteiger partial charge < -0.3 is 4.74 Å². The third-order valence-electron chi connectivity index (χ3n) is 2.26. The van der Waals surface area contributed by atoms with Gasteiger partial charge in [-0.1, -0.05) is 35.3 Å². The van der Waals surface area contributed by atoms with E-state index in [4.69, 9.17) is 24.2 Å². The molecule has 0 N–H and O–H groups in total. The van der Waals surface area contributed by atoms with Crippen molar-refractivity contribution in [2.24, 2.45) is 0 Å². The van der Waals surface area contributed by atoms with Gasteiger partial charge in [0.1, 0.15) is 26.0 Å². The maximum Gasteiger partial charge on any atom is 0.138 e. The molecule has 17 heavy (non-hydrogen) atoms. The predicted octanol–water partition coefficient (Wildman–Crippen LogP) is 2.85. The molecule has 0 saturated heterocycles. The molecule has 2 rings (SSSR count). The second-order valence-corrected chi connectivity index (χ2v) is 4.01. The van der Waals surface area contributed by atoms with Crippen LogP contribution in [0.5, 0.6) is 5.75 Å². The Morgan fingerprint density at radius 1 is 1.12 bits per heavy atom. The molecule has 0 aliphatic carbocycles. The Labute approximate surface area is 106 Å². The first-order chi connectivity index (χ1) is 8.15. The number of hydrogen-bond acceptors (Lipinski definition) is 1. The van der Waals surface area contributed by atoms with Crippen LogP contribution in [0.2, 0.25) is 5.02 Å².